The monoisotopic (exact) mass is 334 g/mol. The fraction of sp³-hybridized carbons (Fsp3) is 0.294. The van der Waals surface area contributed by atoms with Gasteiger partial charge < -0.3 is 5.32 Å². The Balaban J connectivity index is 1.65. The van der Waals surface area contributed by atoms with Crippen LogP contribution in [0.4, 0.5) is 0 Å². The second-order valence-electron chi connectivity index (χ2n) is 6.23. The zero-order chi connectivity index (χ0) is 16.8. The number of aromatic nitrogens is 7. The van der Waals surface area contributed by atoms with E-state index in [0.717, 1.165) is 54.3 Å². The predicted molar refractivity (Wildman–Crippen MR) is 93.2 cm³/mol. The Morgan fingerprint density at radius 3 is 3.08 bits per heavy atom. The molecule has 0 unspecified atom stereocenters. The third-order valence-corrected chi connectivity index (χ3v) is 4.51. The van der Waals surface area contributed by atoms with Gasteiger partial charge in [-0.05, 0) is 31.2 Å². The van der Waals surface area contributed by atoms with Crippen molar-refractivity contribution >= 4 is 11.0 Å². The molecule has 1 N–H and O–H groups in total. The van der Waals surface area contributed by atoms with E-state index in [4.69, 9.17) is 5.10 Å². The van der Waals surface area contributed by atoms with Crippen LogP contribution in [0.1, 0.15) is 12.1 Å². The van der Waals surface area contributed by atoms with Crippen molar-refractivity contribution in [1.82, 2.24) is 39.6 Å². The van der Waals surface area contributed by atoms with Gasteiger partial charge >= 0.3 is 0 Å². The molecule has 3 aromatic heterocycles. The maximum Gasteiger partial charge on any atom is 0.165 e. The van der Waals surface area contributed by atoms with Gasteiger partial charge in [0.25, 0.3) is 0 Å². The summed E-state index contributed by atoms with van der Waals surface area (Å²) < 4.78 is 4.12. The second-order valence-corrected chi connectivity index (χ2v) is 6.23. The number of benzene rings is 1. The summed E-state index contributed by atoms with van der Waals surface area (Å²) in [6.45, 7) is 2.80. The van der Waals surface area contributed by atoms with E-state index >= 15 is 0 Å². The maximum atomic E-state index is 4.78. The molecule has 0 saturated carbocycles. The van der Waals surface area contributed by atoms with Crippen LogP contribution in [-0.4, -0.2) is 40.9 Å². The summed E-state index contributed by atoms with van der Waals surface area (Å²) in [5, 5.41) is 17.1. The largest absolute Gasteiger partial charge is 0.311 e. The molecule has 4 heterocycles. The van der Waals surface area contributed by atoms with E-state index in [1.54, 1.807) is 11.0 Å². The smallest absolute Gasteiger partial charge is 0.165 e. The first-order valence-electron chi connectivity index (χ1n) is 8.41. The molecule has 1 aliphatic heterocycles. The van der Waals surface area contributed by atoms with Crippen molar-refractivity contribution in [3.05, 3.63) is 42.4 Å². The minimum absolute atomic E-state index is 0.818. The Kier molecular flexibility index (Phi) is 3.17. The molecule has 0 aliphatic carbocycles. The fourth-order valence-corrected chi connectivity index (χ4v) is 3.38. The number of hydrogen-bond donors (Lipinski definition) is 1. The van der Waals surface area contributed by atoms with Crippen molar-refractivity contribution in [2.75, 3.05) is 6.54 Å². The van der Waals surface area contributed by atoms with E-state index in [9.17, 15) is 0 Å². The lowest BCUT2D eigenvalue weighted by molar-refractivity contribution is 0.588. The van der Waals surface area contributed by atoms with E-state index in [-0.39, 0.29) is 0 Å². The highest BCUT2D eigenvalue weighted by Gasteiger charge is 2.18. The average molecular weight is 334 g/mol. The number of aryl methyl sites for hydroxylation is 2. The highest BCUT2D eigenvalue weighted by molar-refractivity contribution is 5.83. The molecular weight excluding hydrogens is 316 g/mol. The number of imidazole rings is 1. The molecule has 8 heteroatoms. The van der Waals surface area contributed by atoms with Crippen LogP contribution in [0.25, 0.3) is 28.2 Å². The zero-order valence-corrected chi connectivity index (χ0v) is 13.9. The number of fused-ring (bicyclic) bond motifs is 2. The first kappa shape index (κ1) is 14.4. The number of rotatable bonds is 2. The molecule has 126 valence electrons. The normalized spacial score (nSPS) is 14.6. The first-order valence-corrected chi connectivity index (χ1v) is 8.41. The predicted octanol–water partition coefficient (Wildman–Crippen LogP) is 1.51. The molecule has 0 saturated heterocycles. The van der Waals surface area contributed by atoms with Gasteiger partial charge in [-0.15, -0.1) is 0 Å². The summed E-state index contributed by atoms with van der Waals surface area (Å²) in [6, 6.07) is 8.11. The number of hydrogen-bond acceptors (Lipinski definition) is 5. The standard InChI is InChI=1S/C17H18N8/c1-23-20-13-4-2-5-15(16(13)22-23)24-9-7-19-17(24)14-10-12-11-18-6-3-8-25(12)21-14/h2,4-5,7,9-10,18H,3,6,8,11H2,1H3. The summed E-state index contributed by atoms with van der Waals surface area (Å²) in [6.07, 6.45) is 4.83. The van der Waals surface area contributed by atoms with Crippen molar-refractivity contribution in [3.8, 4) is 17.2 Å². The van der Waals surface area contributed by atoms with Crippen LogP contribution in [0, 0.1) is 0 Å². The van der Waals surface area contributed by atoms with Crippen molar-refractivity contribution in [2.45, 2.75) is 19.5 Å². The van der Waals surface area contributed by atoms with Crippen LogP contribution < -0.4 is 5.32 Å². The quantitative estimate of drug-likeness (QED) is 0.601. The summed E-state index contributed by atoms with van der Waals surface area (Å²) in [5.74, 6) is 0.818. The maximum absolute atomic E-state index is 4.78. The summed E-state index contributed by atoms with van der Waals surface area (Å²) >= 11 is 0. The Morgan fingerprint density at radius 2 is 2.12 bits per heavy atom. The Bertz CT molecular complexity index is 1030. The van der Waals surface area contributed by atoms with Crippen LogP contribution >= 0.6 is 0 Å². The molecule has 0 bridgehead atoms. The van der Waals surface area contributed by atoms with Gasteiger partial charge in [0.15, 0.2) is 5.82 Å². The molecule has 0 amide bonds. The Hall–Kier alpha value is -3.00. The second kappa shape index (κ2) is 5.52. The Labute approximate surface area is 144 Å². The van der Waals surface area contributed by atoms with Gasteiger partial charge in [-0.2, -0.15) is 20.1 Å². The third-order valence-electron chi connectivity index (χ3n) is 4.51. The van der Waals surface area contributed by atoms with Crippen molar-refractivity contribution in [2.24, 2.45) is 7.05 Å². The minimum atomic E-state index is 0.818. The molecule has 0 spiro atoms. The molecule has 25 heavy (non-hydrogen) atoms. The van der Waals surface area contributed by atoms with Crippen LogP contribution in [0.2, 0.25) is 0 Å². The van der Waals surface area contributed by atoms with Gasteiger partial charge in [0.2, 0.25) is 0 Å². The molecule has 0 atom stereocenters. The third kappa shape index (κ3) is 2.33. The molecule has 8 nitrogen and oxygen atoms in total. The molecule has 1 aliphatic rings. The van der Waals surface area contributed by atoms with Crippen LogP contribution in [0.15, 0.2) is 36.7 Å². The number of nitrogens with zero attached hydrogens (tertiary/aromatic N) is 7. The summed E-state index contributed by atoms with van der Waals surface area (Å²) in [7, 11) is 1.83. The molecule has 5 rings (SSSR count). The van der Waals surface area contributed by atoms with Crippen LogP contribution in [-0.2, 0) is 20.1 Å². The zero-order valence-electron chi connectivity index (χ0n) is 13.9. The van der Waals surface area contributed by atoms with Gasteiger partial charge in [0.1, 0.15) is 16.7 Å². The van der Waals surface area contributed by atoms with Gasteiger partial charge in [0, 0.05) is 32.5 Å². The van der Waals surface area contributed by atoms with Crippen LogP contribution in [0.3, 0.4) is 0 Å². The molecule has 1 aromatic carbocycles. The molecule has 0 fully saturated rings. The van der Waals surface area contributed by atoms with E-state index in [1.165, 1.54) is 5.69 Å². The van der Waals surface area contributed by atoms with Crippen LogP contribution in [0.5, 0.6) is 0 Å². The van der Waals surface area contributed by atoms with E-state index in [1.807, 2.05) is 36.0 Å². The van der Waals surface area contributed by atoms with E-state index in [0.29, 0.717) is 0 Å². The van der Waals surface area contributed by atoms with E-state index < -0.39 is 0 Å². The minimum Gasteiger partial charge on any atom is -0.311 e. The van der Waals surface area contributed by atoms with Crippen molar-refractivity contribution in [3.63, 3.8) is 0 Å². The molecular formula is C17H18N8. The van der Waals surface area contributed by atoms with Gasteiger partial charge in [0.05, 0.1) is 11.4 Å². The van der Waals surface area contributed by atoms with E-state index in [2.05, 4.69) is 31.2 Å². The highest BCUT2D eigenvalue weighted by atomic mass is 15.5. The SMILES string of the molecule is Cn1nc2cccc(-n3ccnc3-c3cc4n(n3)CCCNC4)c2n1. The van der Waals surface area contributed by atoms with Gasteiger partial charge in [-0.25, -0.2) is 4.98 Å². The average Bonchev–Trinajstić information content (AvgIpc) is 3.29. The Morgan fingerprint density at radius 1 is 1.16 bits per heavy atom. The fourth-order valence-electron chi connectivity index (χ4n) is 3.38. The lowest BCUT2D eigenvalue weighted by Gasteiger charge is -2.06. The van der Waals surface area contributed by atoms with Gasteiger partial charge in [-0.1, -0.05) is 6.07 Å². The van der Waals surface area contributed by atoms with Gasteiger partial charge in [-0.3, -0.25) is 9.25 Å². The molecule has 0 radical (unpaired) electrons. The molecule has 4 aromatic rings. The van der Waals surface area contributed by atoms with Crippen molar-refractivity contribution < 1.29 is 0 Å². The topological polar surface area (TPSA) is 78.4 Å². The van der Waals surface area contributed by atoms with Crippen molar-refractivity contribution in [1.29, 1.82) is 0 Å². The summed E-state index contributed by atoms with van der Waals surface area (Å²) in [4.78, 5) is 6.15. The first-order chi connectivity index (χ1) is 12.3. The highest BCUT2D eigenvalue weighted by Crippen LogP contribution is 2.25. The lowest BCUT2D eigenvalue weighted by Crippen LogP contribution is -2.11. The summed E-state index contributed by atoms with van der Waals surface area (Å²) in [5.41, 5.74) is 4.75. The lowest BCUT2D eigenvalue weighted by atomic mass is 10.2. The number of nitrogens with one attached hydrogen (secondary N) is 1.